The largest absolute Gasteiger partial charge is 0.350 e. The zero-order valence-electron chi connectivity index (χ0n) is 19.3. The molecule has 4 nitrogen and oxygen atoms in total. The van der Waals surface area contributed by atoms with Gasteiger partial charge in [-0.1, -0.05) is 115 Å². The van der Waals surface area contributed by atoms with Gasteiger partial charge in [-0.25, -0.2) is 0 Å². The van der Waals surface area contributed by atoms with Gasteiger partial charge in [0.25, 0.3) is 0 Å². The first-order valence-electron chi connectivity index (χ1n) is 11.5. The van der Waals surface area contributed by atoms with Crippen molar-refractivity contribution in [3.63, 3.8) is 0 Å². The molecule has 1 N–H and O–H groups in total. The summed E-state index contributed by atoms with van der Waals surface area (Å²) in [5.74, 6) is -0.361. The van der Waals surface area contributed by atoms with E-state index in [0.29, 0.717) is 18.1 Å². The molecule has 0 saturated carbocycles. The summed E-state index contributed by atoms with van der Waals surface area (Å²) in [7, 11) is 0. The Bertz CT molecular complexity index is 1230. The number of hydrogen-bond donors (Lipinski definition) is 1. The minimum absolute atomic E-state index is 0.139. The Hall–Kier alpha value is -3.89. The first-order chi connectivity index (χ1) is 17.1. The third kappa shape index (κ3) is 6.81. The maximum Gasteiger partial charge on any atom is 0.247 e. The summed E-state index contributed by atoms with van der Waals surface area (Å²) in [4.78, 5) is 29.0. The van der Waals surface area contributed by atoms with E-state index in [1.807, 2.05) is 103 Å². The molecule has 0 aromatic heterocycles. The lowest BCUT2D eigenvalue weighted by molar-refractivity contribution is -0.141. The predicted molar refractivity (Wildman–Crippen MR) is 140 cm³/mol. The molecule has 0 radical (unpaired) electrons. The number of benzene rings is 4. The van der Waals surface area contributed by atoms with Gasteiger partial charge >= 0.3 is 0 Å². The normalized spacial score (nSPS) is 11.5. The Balaban J connectivity index is 1.66. The van der Waals surface area contributed by atoms with Gasteiger partial charge in [-0.05, 0) is 34.4 Å². The average molecular weight is 483 g/mol. The lowest BCUT2D eigenvalue weighted by atomic mass is 10.0. The van der Waals surface area contributed by atoms with Crippen molar-refractivity contribution in [2.45, 2.75) is 25.6 Å². The average Bonchev–Trinajstić information content (AvgIpc) is 2.90. The summed E-state index contributed by atoms with van der Waals surface area (Å²) in [6.07, 6.45) is 0.166. The van der Waals surface area contributed by atoms with E-state index >= 15 is 0 Å². The summed E-state index contributed by atoms with van der Waals surface area (Å²) in [6, 6.07) is 35.4. The topological polar surface area (TPSA) is 49.4 Å². The second kappa shape index (κ2) is 12.0. The highest BCUT2D eigenvalue weighted by Crippen LogP contribution is 2.25. The van der Waals surface area contributed by atoms with E-state index in [4.69, 9.17) is 11.6 Å². The minimum Gasteiger partial charge on any atom is -0.350 e. The molecule has 0 heterocycles. The number of amides is 2. The summed E-state index contributed by atoms with van der Waals surface area (Å²) in [6.45, 7) is 0.694. The van der Waals surface area contributed by atoms with E-state index in [2.05, 4.69) is 5.32 Å². The molecule has 2 amide bonds. The highest BCUT2D eigenvalue weighted by molar-refractivity contribution is 6.30. The first-order valence-corrected chi connectivity index (χ1v) is 11.9. The van der Waals surface area contributed by atoms with Crippen LogP contribution < -0.4 is 5.32 Å². The summed E-state index contributed by atoms with van der Waals surface area (Å²) >= 11 is 6.03. The van der Waals surface area contributed by atoms with Crippen LogP contribution in [0.25, 0.3) is 0 Å². The van der Waals surface area contributed by atoms with Crippen molar-refractivity contribution < 1.29 is 9.59 Å². The maximum absolute atomic E-state index is 13.7. The third-order valence-electron chi connectivity index (χ3n) is 5.77. The lowest BCUT2D eigenvalue weighted by Crippen LogP contribution is -2.43. The van der Waals surface area contributed by atoms with Gasteiger partial charge in [0.1, 0.15) is 6.04 Å². The number of hydrogen-bond acceptors (Lipinski definition) is 2. The van der Waals surface area contributed by atoms with Gasteiger partial charge in [0, 0.05) is 18.1 Å². The molecule has 0 aliphatic rings. The summed E-state index contributed by atoms with van der Waals surface area (Å²) in [5, 5.41) is 3.66. The predicted octanol–water partition coefficient (Wildman–Crippen LogP) is 5.97. The van der Waals surface area contributed by atoms with Crippen LogP contribution in [-0.2, 0) is 29.1 Å². The van der Waals surface area contributed by atoms with Gasteiger partial charge < -0.3 is 10.2 Å². The molecule has 176 valence electrons. The fourth-order valence-electron chi connectivity index (χ4n) is 3.97. The maximum atomic E-state index is 13.7. The SMILES string of the molecule is O=C(NCc1ccccc1)[C@H](c1ccccc1)N(Cc1ccccc1)C(=O)Cc1ccc(Cl)cc1. The van der Waals surface area contributed by atoms with E-state index in [1.54, 1.807) is 17.0 Å². The van der Waals surface area contributed by atoms with Crippen molar-refractivity contribution in [1.82, 2.24) is 10.2 Å². The van der Waals surface area contributed by atoms with Crippen molar-refractivity contribution in [1.29, 1.82) is 0 Å². The van der Waals surface area contributed by atoms with E-state index in [0.717, 1.165) is 22.3 Å². The van der Waals surface area contributed by atoms with Gasteiger partial charge in [-0.3, -0.25) is 9.59 Å². The Morgan fingerprint density at radius 2 is 1.23 bits per heavy atom. The van der Waals surface area contributed by atoms with E-state index in [-0.39, 0.29) is 18.2 Å². The van der Waals surface area contributed by atoms with Gasteiger partial charge in [-0.2, -0.15) is 0 Å². The molecule has 0 spiro atoms. The van der Waals surface area contributed by atoms with Crippen molar-refractivity contribution in [3.05, 3.63) is 143 Å². The lowest BCUT2D eigenvalue weighted by Gasteiger charge is -2.32. The van der Waals surface area contributed by atoms with Crippen LogP contribution in [0.2, 0.25) is 5.02 Å². The van der Waals surface area contributed by atoms with Gasteiger partial charge in [0.05, 0.1) is 6.42 Å². The van der Waals surface area contributed by atoms with Crippen LogP contribution >= 0.6 is 11.6 Å². The Labute approximate surface area is 211 Å². The van der Waals surface area contributed by atoms with Crippen LogP contribution in [0.3, 0.4) is 0 Å². The van der Waals surface area contributed by atoms with Crippen LogP contribution in [0.5, 0.6) is 0 Å². The smallest absolute Gasteiger partial charge is 0.247 e. The van der Waals surface area contributed by atoms with Crippen LogP contribution in [0, 0.1) is 0 Å². The Kier molecular flexibility index (Phi) is 8.31. The molecule has 5 heteroatoms. The van der Waals surface area contributed by atoms with Crippen molar-refractivity contribution in [2.75, 3.05) is 0 Å². The molecule has 1 atom stereocenters. The second-order valence-electron chi connectivity index (χ2n) is 8.33. The van der Waals surface area contributed by atoms with Crippen molar-refractivity contribution >= 4 is 23.4 Å². The second-order valence-corrected chi connectivity index (χ2v) is 8.76. The highest BCUT2D eigenvalue weighted by atomic mass is 35.5. The van der Waals surface area contributed by atoms with Crippen LogP contribution in [-0.4, -0.2) is 16.7 Å². The highest BCUT2D eigenvalue weighted by Gasteiger charge is 2.31. The Morgan fingerprint density at radius 1 is 0.686 bits per heavy atom. The number of nitrogens with zero attached hydrogens (tertiary/aromatic N) is 1. The first kappa shape index (κ1) is 24.2. The zero-order chi connectivity index (χ0) is 24.5. The molecule has 0 aliphatic heterocycles. The molecule has 0 bridgehead atoms. The molecule has 0 fully saturated rings. The standard InChI is InChI=1S/C30H27ClN2O2/c31-27-18-16-23(17-19-27)20-28(34)33(22-25-12-6-2-7-13-25)29(26-14-8-3-9-15-26)30(35)32-21-24-10-4-1-5-11-24/h1-19,29H,20-22H2,(H,32,35)/t29-/m0/s1. The van der Waals surface area contributed by atoms with Crippen LogP contribution in [0.1, 0.15) is 28.3 Å². The van der Waals surface area contributed by atoms with E-state index < -0.39 is 6.04 Å². The Morgan fingerprint density at radius 3 is 1.83 bits per heavy atom. The molecule has 4 aromatic rings. The molecule has 0 unspecified atom stereocenters. The summed E-state index contributed by atoms with van der Waals surface area (Å²) < 4.78 is 0. The number of carbonyl (C=O) groups is 2. The van der Waals surface area contributed by atoms with Crippen LogP contribution in [0.4, 0.5) is 0 Å². The molecule has 4 rings (SSSR count). The molecule has 4 aromatic carbocycles. The fraction of sp³-hybridized carbons (Fsp3) is 0.133. The zero-order valence-corrected chi connectivity index (χ0v) is 20.1. The van der Waals surface area contributed by atoms with Crippen LogP contribution in [0.15, 0.2) is 115 Å². The molecular weight excluding hydrogens is 456 g/mol. The monoisotopic (exact) mass is 482 g/mol. The minimum atomic E-state index is -0.778. The number of carbonyl (C=O) groups excluding carboxylic acids is 2. The fourth-order valence-corrected chi connectivity index (χ4v) is 4.10. The molecule has 35 heavy (non-hydrogen) atoms. The van der Waals surface area contributed by atoms with E-state index in [1.165, 1.54) is 0 Å². The molecular formula is C30H27ClN2O2. The molecule has 0 aliphatic carbocycles. The number of rotatable bonds is 9. The third-order valence-corrected chi connectivity index (χ3v) is 6.02. The number of nitrogens with one attached hydrogen (secondary N) is 1. The summed E-state index contributed by atoms with van der Waals surface area (Å²) in [5.41, 5.74) is 3.55. The number of halogens is 1. The van der Waals surface area contributed by atoms with E-state index in [9.17, 15) is 9.59 Å². The van der Waals surface area contributed by atoms with Crippen molar-refractivity contribution in [3.8, 4) is 0 Å². The van der Waals surface area contributed by atoms with Gasteiger partial charge in [0.2, 0.25) is 11.8 Å². The molecule has 0 saturated heterocycles. The van der Waals surface area contributed by atoms with Crippen molar-refractivity contribution in [2.24, 2.45) is 0 Å². The quantitative estimate of drug-likeness (QED) is 0.319. The van der Waals surface area contributed by atoms with Gasteiger partial charge in [-0.15, -0.1) is 0 Å². The van der Waals surface area contributed by atoms with Gasteiger partial charge in [0.15, 0.2) is 0 Å².